The molecule has 0 unspecified atom stereocenters. The molecule has 10 rings (SSSR count). The summed E-state index contributed by atoms with van der Waals surface area (Å²) in [6.07, 6.45) is 0. The van der Waals surface area contributed by atoms with Crippen molar-refractivity contribution in [3.8, 4) is 33.4 Å². The highest BCUT2D eigenvalue weighted by Gasteiger charge is 2.37. The summed E-state index contributed by atoms with van der Waals surface area (Å²) in [6.45, 7) is 13.6. The zero-order valence-electron chi connectivity index (χ0n) is 32.1. The fraction of sp³-hybridized carbons (Fsp3) is 0.135. The number of nitrogens with zero attached hydrogens (tertiary/aromatic N) is 3. The summed E-state index contributed by atoms with van der Waals surface area (Å²) in [5, 5.41) is 2.07. The van der Waals surface area contributed by atoms with Gasteiger partial charge in [-0.1, -0.05) is 161 Å². The lowest BCUT2D eigenvalue weighted by molar-refractivity contribution is 0.659. The van der Waals surface area contributed by atoms with Gasteiger partial charge in [-0.25, -0.2) is 9.98 Å². The van der Waals surface area contributed by atoms with Crippen LogP contribution in [0.4, 0.5) is 0 Å². The first-order chi connectivity index (χ1) is 27.2. The predicted octanol–water partition coefficient (Wildman–Crippen LogP) is 13.0. The van der Waals surface area contributed by atoms with E-state index in [1.165, 1.54) is 55.6 Å². The summed E-state index contributed by atoms with van der Waals surface area (Å²) in [7, 11) is 0. The Morgan fingerprint density at radius 1 is 0.554 bits per heavy atom. The maximum absolute atomic E-state index is 6.74. The highest BCUT2D eigenvalue weighted by Crippen LogP contribution is 2.52. The van der Waals surface area contributed by atoms with Crippen molar-refractivity contribution in [2.45, 2.75) is 45.1 Å². The fourth-order valence-electron chi connectivity index (χ4n) is 9.31. The molecule has 7 aromatic carbocycles. The molecule has 0 spiro atoms. The smallest absolute Gasteiger partial charge is 0.161 e. The van der Waals surface area contributed by atoms with Gasteiger partial charge >= 0.3 is 0 Å². The van der Waals surface area contributed by atoms with Gasteiger partial charge in [0.1, 0.15) is 11.2 Å². The van der Waals surface area contributed by atoms with Crippen molar-refractivity contribution in [2.24, 2.45) is 15.0 Å². The third kappa shape index (κ3) is 5.16. The van der Waals surface area contributed by atoms with Gasteiger partial charge in [-0.3, -0.25) is 4.99 Å². The lowest BCUT2D eigenvalue weighted by Gasteiger charge is -2.24. The molecule has 1 aromatic heterocycles. The van der Waals surface area contributed by atoms with Crippen LogP contribution in [0.2, 0.25) is 0 Å². The summed E-state index contributed by atoms with van der Waals surface area (Å²) in [4.78, 5) is 14.7. The van der Waals surface area contributed by atoms with Crippen LogP contribution in [0.3, 0.4) is 0 Å². The number of hydrogen-bond donors (Lipinski definition) is 0. The van der Waals surface area contributed by atoms with E-state index in [0.717, 1.165) is 38.6 Å². The summed E-state index contributed by atoms with van der Waals surface area (Å²) in [5.41, 5.74) is 17.2. The monoisotopic (exact) mass is 723 g/mol. The summed E-state index contributed by atoms with van der Waals surface area (Å²) < 4.78 is 6.74. The number of para-hydroxylation sites is 1. The molecule has 0 aliphatic heterocycles. The minimum Gasteiger partial charge on any atom is -0.455 e. The summed E-state index contributed by atoms with van der Waals surface area (Å²) >= 11 is 0. The van der Waals surface area contributed by atoms with E-state index >= 15 is 0 Å². The molecule has 4 nitrogen and oxygen atoms in total. The minimum atomic E-state index is -0.124. The SMILES string of the molecule is C=NC(=NC(=NCc1ccc2c(c1)C(C)(C)c1ccccc1-2)c1cccc2c1oc1ccc(-c3cccc4c3C(C)(C)c3ccccc3-4)cc12)c1ccccc1. The molecule has 0 atom stereocenters. The molecule has 0 fully saturated rings. The second-order valence-corrected chi connectivity index (χ2v) is 16.0. The molecule has 0 radical (unpaired) electrons. The molecule has 0 bridgehead atoms. The maximum atomic E-state index is 6.74. The lowest BCUT2D eigenvalue weighted by Crippen LogP contribution is -2.16. The number of benzene rings is 7. The highest BCUT2D eigenvalue weighted by atomic mass is 16.3. The van der Waals surface area contributed by atoms with Gasteiger partial charge < -0.3 is 4.42 Å². The van der Waals surface area contributed by atoms with Crippen LogP contribution in [-0.4, -0.2) is 18.4 Å². The van der Waals surface area contributed by atoms with E-state index < -0.39 is 0 Å². The van der Waals surface area contributed by atoms with Gasteiger partial charge in [0, 0.05) is 27.2 Å². The van der Waals surface area contributed by atoms with Crippen molar-refractivity contribution in [3.63, 3.8) is 0 Å². The van der Waals surface area contributed by atoms with E-state index in [1.807, 2.05) is 36.4 Å². The van der Waals surface area contributed by atoms with Gasteiger partial charge in [0.25, 0.3) is 0 Å². The van der Waals surface area contributed by atoms with Crippen LogP contribution >= 0.6 is 0 Å². The Kier molecular flexibility index (Phi) is 7.69. The fourth-order valence-corrected chi connectivity index (χ4v) is 9.31. The van der Waals surface area contributed by atoms with Gasteiger partial charge in [0.05, 0.1) is 12.1 Å². The average Bonchev–Trinajstić information content (AvgIpc) is 3.81. The zero-order chi connectivity index (χ0) is 38.2. The molecule has 2 aliphatic carbocycles. The molecule has 8 aromatic rings. The normalized spacial score (nSPS) is 15.1. The van der Waals surface area contributed by atoms with Gasteiger partial charge in [-0.15, -0.1) is 0 Å². The van der Waals surface area contributed by atoms with E-state index in [-0.39, 0.29) is 10.8 Å². The third-order valence-corrected chi connectivity index (χ3v) is 12.1. The number of aliphatic imine (C=N–C) groups is 3. The molecular weight excluding hydrogens is 683 g/mol. The molecule has 1 heterocycles. The molecule has 2 aliphatic rings. The van der Waals surface area contributed by atoms with E-state index in [4.69, 9.17) is 14.4 Å². The predicted molar refractivity (Wildman–Crippen MR) is 233 cm³/mol. The van der Waals surface area contributed by atoms with Crippen LogP contribution in [0, 0.1) is 0 Å². The lowest BCUT2D eigenvalue weighted by atomic mass is 9.79. The van der Waals surface area contributed by atoms with Gasteiger partial charge in [0.2, 0.25) is 0 Å². The number of amidine groups is 2. The van der Waals surface area contributed by atoms with Crippen LogP contribution < -0.4 is 0 Å². The molecule has 0 saturated carbocycles. The Morgan fingerprint density at radius 3 is 2.00 bits per heavy atom. The Labute approximate surface area is 327 Å². The molecule has 0 amide bonds. The number of fused-ring (bicyclic) bond motifs is 9. The second-order valence-electron chi connectivity index (χ2n) is 16.0. The van der Waals surface area contributed by atoms with E-state index in [2.05, 4.69) is 155 Å². The Bertz CT molecular complexity index is 2960. The molecule has 270 valence electrons. The first-order valence-corrected chi connectivity index (χ1v) is 19.3. The van der Waals surface area contributed by atoms with Crippen molar-refractivity contribution in [2.75, 3.05) is 0 Å². The quantitative estimate of drug-likeness (QED) is 0.129. The summed E-state index contributed by atoms with van der Waals surface area (Å²) in [6, 6.07) is 53.7. The van der Waals surface area contributed by atoms with Crippen molar-refractivity contribution in [1.82, 2.24) is 0 Å². The minimum absolute atomic E-state index is 0.0991. The molecule has 4 heteroatoms. The zero-order valence-corrected chi connectivity index (χ0v) is 32.1. The van der Waals surface area contributed by atoms with Crippen LogP contribution in [0.1, 0.15) is 66.6 Å². The summed E-state index contributed by atoms with van der Waals surface area (Å²) in [5.74, 6) is 1.05. The van der Waals surface area contributed by atoms with Crippen LogP contribution in [0.15, 0.2) is 171 Å². The largest absolute Gasteiger partial charge is 0.455 e. The van der Waals surface area contributed by atoms with Crippen LogP contribution in [-0.2, 0) is 17.4 Å². The Morgan fingerprint density at radius 2 is 1.21 bits per heavy atom. The number of rotatable bonds is 5. The van der Waals surface area contributed by atoms with Gasteiger partial charge in [0.15, 0.2) is 11.7 Å². The number of hydrogen-bond acceptors (Lipinski definition) is 2. The third-order valence-electron chi connectivity index (χ3n) is 12.1. The van der Waals surface area contributed by atoms with E-state index in [0.29, 0.717) is 18.2 Å². The van der Waals surface area contributed by atoms with Crippen LogP contribution in [0.25, 0.3) is 55.3 Å². The topological polar surface area (TPSA) is 50.2 Å². The Hall–Kier alpha value is -6.65. The van der Waals surface area contributed by atoms with Crippen molar-refractivity contribution in [3.05, 3.63) is 191 Å². The van der Waals surface area contributed by atoms with Crippen LogP contribution in [0.5, 0.6) is 0 Å². The van der Waals surface area contributed by atoms with Crippen molar-refractivity contribution >= 4 is 40.3 Å². The van der Waals surface area contributed by atoms with Gasteiger partial charge in [-0.05, 0) is 86.1 Å². The average molecular weight is 724 g/mol. The molecular formula is C52H41N3O. The molecule has 56 heavy (non-hydrogen) atoms. The second kappa shape index (κ2) is 12.7. The van der Waals surface area contributed by atoms with Crippen molar-refractivity contribution in [1.29, 1.82) is 0 Å². The highest BCUT2D eigenvalue weighted by molar-refractivity contribution is 6.19. The van der Waals surface area contributed by atoms with E-state index in [1.54, 1.807) is 0 Å². The standard InChI is InChI=1S/C52H41N3O/c1-51(2)43-23-11-9-17-36(43)38-27-25-32(29-45(38)51)31-54-50(55-49(53-5)33-15-7-6-8-16-33)41-22-14-21-40-42-30-34(26-28-46(42)56-48(40)41)35-19-13-20-39-37-18-10-12-24-44(37)52(3,4)47(35)39/h6-30H,5,31H2,1-4H3. The van der Waals surface area contributed by atoms with Crippen molar-refractivity contribution < 1.29 is 4.42 Å². The molecule has 0 saturated heterocycles. The van der Waals surface area contributed by atoms with E-state index in [9.17, 15) is 0 Å². The van der Waals surface area contributed by atoms with Gasteiger partial charge in [-0.2, -0.15) is 0 Å². The maximum Gasteiger partial charge on any atom is 0.161 e. The first kappa shape index (κ1) is 33.9. The number of furan rings is 1. The Balaban J connectivity index is 1.10. The molecule has 0 N–H and O–H groups in total. The first-order valence-electron chi connectivity index (χ1n) is 19.3.